The average Bonchev–Trinajstić information content (AvgIpc) is 2.69. The highest BCUT2D eigenvalue weighted by Crippen LogP contribution is 2.05. The first kappa shape index (κ1) is 11.3. The largest absolute Gasteiger partial charge is 0.468 e. The van der Waals surface area contributed by atoms with Crippen LogP contribution < -0.4 is 0 Å². The van der Waals surface area contributed by atoms with E-state index in [4.69, 9.17) is 9.15 Å². The van der Waals surface area contributed by atoms with Crippen molar-refractivity contribution in [2.45, 2.75) is 19.9 Å². The molecule has 0 saturated heterocycles. The van der Waals surface area contributed by atoms with E-state index in [-0.39, 0.29) is 0 Å². The van der Waals surface area contributed by atoms with E-state index in [1.54, 1.807) is 13.4 Å². The maximum absolute atomic E-state index is 5.30. The molecular formula is C11H19NO2. The zero-order valence-electron chi connectivity index (χ0n) is 9.03. The smallest absolute Gasteiger partial charge is 0.117 e. The lowest BCUT2D eigenvalue weighted by Crippen LogP contribution is -2.24. The Morgan fingerprint density at radius 1 is 1.50 bits per heavy atom. The van der Waals surface area contributed by atoms with Crippen LogP contribution in [-0.4, -0.2) is 31.7 Å². The molecule has 0 bridgehead atoms. The van der Waals surface area contributed by atoms with Crippen molar-refractivity contribution in [3.63, 3.8) is 0 Å². The van der Waals surface area contributed by atoms with Gasteiger partial charge in [-0.1, -0.05) is 6.92 Å². The maximum Gasteiger partial charge on any atom is 0.117 e. The first-order valence-electron chi connectivity index (χ1n) is 5.10. The Morgan fingerprint density at radius 2 is 2.36 bits per heavy atom. The Labute approximate surface area is 85.7 Å². The van der Waals surface area contributed by atoms with Crippen molar-refractivity contribution in [2.75, 3.05) is 26.8 Å². The van der Waals surface area contributed by atoms with Crippen LogP contribution in [0.3, 0.4) is 0 Å². The van der Waals surface area contributed by atoms with Gasteiger partial charge in [-0.2, -0.15) is 0 Å². The third-order valence-corrected chi connectivity index (χ3v) is 2.23. The normalized spacial score (nSPS) is 11.1. The molecule has 0 N–H and O–H groups in total. The summed E-state index contributed by atoms with van der Waals surface area (Å²) in [5, 5.41) is 0. The quantitative estimate of drug-likeness (QED) is 0.626. The molecule has 0 atom stereocenters. The predicted octanol–water partition coefficient (Wildman–Crippen LogP) is 2.14. The number of ether oxygens (including phenoxy) is 1. The highest BCUT2D eigenvalue weighted by Gasteiger charge is 2.04. The standard InChI is InChI=1S/C11H19NO2/c1-3-12(7-5-8-13-2)10-11-6-4-9-14-11/h4,6,9H,3,5,7-8,10H2,1-2H3. The van der Waals surface area contributed by atoms with Gasteiger partial charge in [0.05, 0.1) is 12.8 Å². The Bertz CT molecular complexity index is 221. The molecule has 80 valence electrons. The minimum Gasteiger partial charge on any atom is -0.468 e. The molecule has 3 nitrogen and oxygen atoms in total. The molecule has 0 aliphatic carbocycles. The first-order valence-corrected chi connectivity index (χ1v) is 5.10. The molecule has 14 heavy (non-hydrogen) atoms. The minimum atomic E-state index is 0.828. The molecule has 0 spiro atoms. The molecule has 0 fully saturated rings. The highest BCUT2D eigenvalue weighted by atomic mass is 16.5. The van der Waals surface area contributed by atoms with Crippen LogP contribution in [0, 0.1) is 0 Å². The molecule has 0 aliphatic rings. The van der Waals surface area contributed by atoms with Crippen LogP contribution in [0.1, 0.15) is 19.1 Å². The zero-order valence-corrected chi connectivity index (χ0v) is 9.03. The minimum absolute atomic E-state index is 0.828. The third-order valence-electron chi connectivity index (χ3n) is 2.23. The molecule has 0 aromatic carbocycles. The van der Waals surface area contributed by atoms with Crippen LogP contribution in [0.25, 0.3) is 0 Å². The Hall–Kier alpha value is -0.800. The Morgan fingerprint density at radius 3 is 2.93 bits per heavy atom. The van der Waals surface area contributed by atoms with Gasteiger partial charge in [0.2, 0.25) is 0 Å². The summed E-state index contributed by atoms with van der Waals surface area (Å²) in [6.45, 7) is 5.99. The molecule has 0 saturated carbocycles. The Kier molecular flexibility index (Phi) is 5.33. The van der Waals surface area contributed by atoms with E-state index in [0.29, 0.717) is 0 Å². The van der Waals surface area contributed by atoms with Gasteiger partial charge >= 0.3 is 0 Å². The number of hydrogen-bond acceptors (Lipinski definition) is 3. The summed E-state index contributed by atoms with van der Waals surface area (Å²) in [5.41, 5.74) is 0. The SMILES string of the molecule is CCN(CCCOC)Cc1ccco1. The second kappa shape index (κ2) is 6.62. The molecule has 0 amide bonds. The van der Waals surface area contributed by atoms with E-state index in [1.807, 2.05) is 12.1 Å². The summed E-state index contributed by atoms with van der Waals surface area (Å²) in [7, 11) is 1.74. The number of furan rings is 1. The van der Waals surface area contributed by atoms with Crippen LogP contribution >= 0.6 is 0 Å². The lowest BCUT2D eigenvalue weighted by atomic mass is 10.3. The van der Waals surface area contributed by atoms with Gasteiger partial charge in [-0.25, -0.2) is 0 Å². The van der Waals surface area contributed by atoms with E-state index in [2.05, 4.69) is 11.8 Å². The van der Waals surface area contributed by atoms with Crippen molar-refractivity contribution in [3.05, 3.63) is 24.2 Å². The fourth-order valence-corrected chi connectivity index (χ4v) is 1.40. The lowest BCUT2D eigenvalue weighted by Gasteiger charge is -2.18. The first-order chi connectivity index (χ1) is 6.86. The van der Waals surface area contributed by atoms with Crippen molar-refractivity contribution >= 4 is 0 Å². The predicted molar refractivity (Wildman–Crippen MR) is 56.2 cm³/mol. The summed E-state index contributed by atoms with van der Waals surface area (Å²) < 4.78 is 10.3. The molecule has 1 aromatic heterocycles. The van der Waals surface area contributed by atoms with E-state index in [1.165, 1.54) is 0 Å². The molecule has 3 heteroatoms. The van der Waals surface area contributed by atoms with Crippen molar-refractivity contribution in [1.82, 2.24) is 4.90 Å². The van der Waals surface area contributed by atoms with Gasteiger partial charge in [-0.3, -0.25) is 4.90 Å². The summed E-state index contributed by atoms with van der Waals surface area (Å²) in [6.07, 6.45) is 2.80. The molecule has 0 radical (unpaired) electrons. The summed E-state index contributed by atoms with van der Waals surface area (Å²) in [6, 6.07) is 3.94. The molecular weight excluding hydrogens is 178 g/mol. The lowest BCUT2D eigenvalue weighted by molar-refractivity contribution is 0.168. The average molecular weight is 197 g/mol. The molecule has 1 rings (SSSR count). The van der Waals surface area contributed by atoms with Crippen LogP contribution in [0.15, 0.2) is 22.8 Å². The second-order valence-corrected chi connectivity index (χ2v) is 3.29. The van der Waals surface area contributed by atoms with Crippen LogP contribution in [0.2, 0.25) is 0 Å². The van der Waals surface area contributed by atoms with Crippen LogP contribution in [0.4, 0.5) is 0 Å². The second-order valence-electron chi connectivity index (χ2n) is 3.29. The van der Waals surface area contributed by atoms with Gasteiger partial charge in [0.1, 0.15) is 5.76 Å². The van der Waals surface area contributed by atoms with Crippen molar-refractivity contribution in [1.29, 1.82) is 0 Å². The third kappa shape index (κ3) is 3.94. The number of rotatable bonds is 7. The molecule has 0 aliphatic heterocycles. The molecule has 1 aromatic rings. The van der Waals surface area contributed by atoms with Crippen molar-refractivity contribution in [3.8, 4) is 0 Å². The number of hydrogen-bond donors (Lipinski definition) is 0. The summed E-state index contributed by atoms with van der Waals surface area (Å²) in [5.74, 6) is 1.03. The van der Waals surface area contributed by atoms with E-state index >= 15 is 0 Å². The van der Waals surface area contributed by atoms with Crippen LogP contribution in [0.5, 0.6) is 0 Å². The van der Waals surface area contributed by atoms with Crippen molar-refractivity contribution in [2.24, 2.45) is 0 Å². The van der Waals surface area contributed by atoms with Gasteiger partial charge in [0.15, 0.2) is 0 Å². The van der Waals surface area contributed by atoms with Crippen LogP contribution in [-0.2, 0) is 11.3 Å². The fourth-order valence-electron chi connectivity index (χ4n) is 1.40. The van der Waals surface area contributed by atoms with Gasteiger partial charge < -0.3 is 9.15 Å². The van der Waals surface area contributed by atoms with E-state index in [9.17, 15) is 0 Å². The number of methoxy groups -OCH3 is 1. The molecule has 1 heterocycles. The zero-order chi connectivity index (χ0) is 10.2. The van der Waals surface area contributed by atoms with Gasteiger partial charge in [0.25, 0.3) is 0 Å². The summed E-state index contributed by atoms with van der Waals surface area (Å²) >= 11 is 0. The highest BCUT2D eigenvalue weighted by molar-refractivity contribution is 4.97. The summed E-state index contributed by atoms with van der Waals surface area (Å²) in [4.78, 5) is 2.35. The number of nitrogens with zero attached hydrogens (tertiary/aromatic N) is 1. The van der Waals surface area contributed by atoms with Gasteiger partial charge in [-0.15, -0.1) is 0 Å². The monoisotopic (exact) mass is 197 g/mol. The molecule has 0 unspecified atom stereocenters. The van der Waals surface area contributed by atoms with E-state index in [0.717, 1.165) is 38.4 Å². The van der Waals surface area contributed by atoms with Crippen molar-refractivity contribution < 1.29 is 9.15 Å². The fraction of sp³-hybridized carbons (Fsp3) is 0.636. The topological polar surface area (TPSA) is 25.6 Å². The Balaban J connectivity index is 2.24. The van der Waals surface area contributed by atoms with Gasteiger partial charge in [-0.05, 0) is 25.1 Å². The van der Waals surface area contributed by atoms with E-state index < -0.39 is 0 Å². The van der Waals surface area contributed by atoms with Gasteiger partial charge in [0, 0.05) is 20.3 Å². The maximum atomic E-state index is 5.30.